The minimum absolute atomic E-state index is 0.0214. The number of dihydropyridines is 1. The highest BCUT2D eigenvalue weighted by Gasteiger charge is 2.23. The lowest BCUT2D eigenvalue weighted by atomic mass is 9.91. The third kappa shape index (κ3) is 4.04. The maximum Gasteiger partial charge on any atom is 0.180 e. The molecule has 1 unspecified atom stereocenters. The van der Waals surface area contributed by atoms with E-state index in [-0.39, 0.29) is 6.04 Å². The molecule has 4 heterocycles. The van der Waals surface area contributed by atoms with E-state index in [0.717, 1.165) is 44.6 Å². The standard InChI is InChI=1S/C45H27N3OS/c1-3-11-26(12-4-1)41-43-42(48-45(47-41)27-13-5-2-6-14-27)34-22-21-28(25-37(34)49-43)35-18-10-19-36(46-35)33-24-23-32-30-16-8-7-15-29(30)31-17-9-20-38-39(31)40(32)44(33)50-38/h1-25,36,46H. The van der Waals surface area contributed by atoms with Gasteiger partial charge in [0, 0.05) is 47.9 Å². The molecule has 1 atom stereocenters. The molecule has 1 N–H and O–H groups in total. The Hall–Kier alpha value is -6.30. The number of rotatable bonds is 4. The van der Waals surface area contributed by atoms with Gasteiger partial charge in [0.1, 0.15) is 16.8 Å². The van der Waals surface area contributed by atoms with E-state index < -0.39 is 0 Å². The Morgan fingerprint density at radius 3 is 2.14 bits per heavy atom. The zero-order valence-electron chi connectivity index (χ0n) is 26.7. The van der Waals surface area contributed by atoms with E-state index in [2.05, 4.69) is 108 Å². The lowest BCUT2D eigenvalue weighted by molar-refractivity contribution is 0.667. The van der Waals surface area contributed by atoms with Crippen molar-refractivity contribution in [3.8, 4) is 22.6 Å². The molecule has 1 aliphatic rings. The number of hydrogen-bond donors (Lipinski definition) is 1. The summed E-state index contributed by atoms with van der Waals surface area (Å²) in [6.07, 6.45) is 6.58. The first-order chi connectivity index (χ1) is 24.8. The van der Waals surface area contributed by atoms with Crippen LogP contribution in [0.15, 0.2) is 156 Å². The third-order valence-corrected chi connectivity index (χ3v) is 11.3. The van der Waals surface area contributed by atoms with Crippen LogP contribution < -0.4 is 5.32 Å². The van der Waals surface area contributed by atoms with Crippen molar-refractivity contribution in [3.63, 3.8) is 0 Å². The van der Waals surface area contributed by atoms with Crippen LogP contribution in [0, 0.1) is 0 Å². The highest BCUT2D eigenvalue weighted by Crippen LogP contribution is 2.47. The number of furan rings is 1. The minimum Gasteiger partial charge on any atom is -0.452 e. The summed E-state index contributed by atoms with van der Waals surface area (Å²) in [5.74, 6) is 0.683. The molecule has 1 aliphatic heterocycles. The fraction of sp³-hybridized carbons (Fsp3) is 0.0222. The second-order valence-corrected chi connectivity index (χ2v) is 14.0. The summed E-state index contributed by atoms with van der Waals surface area (Å²) < 4.78 is 9.30. The van der Waals surface area contributed by atoms with Crippen LogP contribution in [0.3, 0.4) is 0 Å². The van der Waals surface area contributed by atoms with Crippen LogP contribution in [-0.2, 0) is 0 Å². The van der Waals surface area contributed by atoms with Gasteiger partial charge in [0.2, 0.25) is 0 Å². The van der Waals surface area contributed by atoms with Crippen molar-refractivity contribution in [1.29, 1.82) is 0 Å². The Bertz CT molecular complexity index is 3010. The molecule has 50 heavy (non-hydrogen) atoms. The largest absolute Gasteiger partial charge is 0.452 e. The average molecular weight is 658 g/mol. The predicted molar refractivity (Wildman–Crippen MR) is 209 cm³/mol. The smallest absolute Gasteiger partial charge is 0.180 e. The molecule has 0 saturated heterocycles. The van der Waals surface area contributed by atoms with Crippen LogP contribution in [0.5, 0.6) is 0 Å². The molecule has 0 aliphatic carbocycles. The van der Waals surface area contributed by atoms with E-state index in [1.807, 2.05) is 59.9 Å². The van der Waals surface area contributed by atoms with Crippen molar-refractivity contribution >= 4 is 80.8 Å². The molecule has 0 bridgehead atoms. The molecule has 4 nitrogen and oxygen atoms in total. The van der Waals surface area contributed by atoms with Crippen LogP contribution in [0.2, 0.25) is 0 Å². The van der Waals surface area contributed by atoms with Crippen LogP contribution in [0.1, 0.15) is 17.2 Å². The highest BCUT2D eigenvalue weighted by atomic mass is 32.1. The number of nitrogens with one attached hydrogen (secondary N) is 1. The average Bonchev–Trinajstić information content (AvgIpc) is 3.77. The number of nitrogens with zero attached hydrogens (tertiary/aromatic N) is 2. The van der Waals surface area contributed by atoms with Gasteiger partial charge in [-0.2, -0.15) is 0 Å². The zero-order valence-corrected chi connectivity index (χ0v) is 27.5. The molecule has 10 aromatic rings. The van der Waals surface area contributed by atoms with E-state index in [1.165, 1.54) is 47.3 Å². The van der Waals surface area contributed by atoms with E-state index in [0.29, 0.717) is 11.4 Å². The lowest BCUT2D eigenvalue weighted by Gasteiger charge is -2.23. The maximum absolute atomic E-state index is 6.63. The summed E-state index contributed by atoms with van der Waals surface area (Å²) in [5, 5.41) is 12.9. The van der Waals surface area contributed by atoms with Gasteiger partial charge in [0.15, 0.2) is 11.4 Å². The van der Waals surface area contributed by atoms with Crippen molar-refractivity contribution in [2.75, 3.05) is 0 Å². The molecule has 0 amide bonds. The first-order valence-corrected chi connectivity index (χ1v) is 17.7. The number of allylic oxidation sites excluding steroid dienone is 2. The molecule has 3 aromatic heterocycles. The van der Waals surface area contributed by atoms with Crippen LogP contribution in [-0.4, -0.2) is 9.97 Å². The SMILES string of the molecule is C1=CC(c2ccc3c4ccccc4c4cccc5sc2c3c54)NC(c2ccc3c(c2)oc2c(-c4ccccc4)nc(-c4ccccc4)nc23)=C1. The Kier molecular flexibility index (Phi) is 5.86. The minimum atomic E-state index is 0.0214. The molecule has 0 saturated carbocycles. The van der Waals surface area contributed by atoms with Crippen molar-refractivity contribution in [2.24, 2.45) is 0 Å². The monoisotopic (exact) mass is 657 g/mol. The quantitative estimate of drug-likeness (QED) is 0.191. The fourth-order valence-electron chi connectivity index (χ4n) is 7.79. The highest BCUT2D eigenvalue weighted by molar-refractivity contribution is 7.26. The Balaban J connectivity index is 1.02. The van der Waals surface area contributed by atoms with Crippen LogP contribution >= 0.6 is 11.3 Å². The molecule has 234 valence electrons. The summed E-state index contributed by atoms with van der Waals surface area (Å²) >= 11 is 1.90. The summed E-state index contributed by atoms with van der Waals surface area (Å²) in [4.78, 5) is 10.1. The van der Waals surface area contributed by atoms with Gasteiger partial charge < -0.3 is 9.73 Å². The van der Waals surface area contributed by atoms with E-state index in [1.54, 1.807) is 0 Å². The zero-order chi connectivity index (χ0) is 32.8. The van der Waals surface area contributed by atoms with Gasteiger partial charge in [0.25, 0.3) is 0 Å². The normalized spacial score (nSPS) is 14.8. The number of aromatic nitrogens is 2. The van der Waals surface area contributed by atoms with Gasteiger partial charge in [-0.3, -0.25) is 0 Å². The Labute approximate surface area is 291 Å². The molecule has 11 rings (SSSR count). The number of thiophene rings is 1. The Morgan fingerprint density at radius 2 is 1.32 bits per heavy atom. The molecule has 0 spiro atoms. The van der Waals surface area contributed by atoms with Gasteiger partial charge in [-0.1, -0.05) is 127 Å². The van der Waals surface area contributed by atoms with Crippen molar-refractivity contribution in [1.82, 2.24) is 15.3 Å². The first kappa shape index (κ1) is 27.6. The van der Waals surface area contributed by atoms with Crippen molar-refractivity contribution in [2.45, 2.75) is 6.04 Å². The van der Waals surface area contributed by atoms with Crippen LogP contribution in [0.4, 0.5) is 0 Å². The van der Waals surface area contributed by atoms with E-state index in [4.69, 9.17) is 14.4 Å². The summed E-state index contributed by atoms with van der Waals surface area (Å²) in [7, 11) is 0. The summed E-state index contributed by atoms with van der Waals surface area (Å²) in [6, 6.07) is 47.0. The molecule has 0 radical (unpaired) electrons. The van der Waals surface area contributed by atoms with E-state index >= 15 is 0 Å². The number of fused-ring (bicyclic) bond motifs is 6. The van der Waals surface area contributed by atoms with Gasteiger partial charge >= 0.3 is 0 Å². The third-order valence-electron chi connectivity index (χ3n) is 10.1. The van der Waals surface area contributed by atoms with Gasteiger partial charge in [0.05, 0.1) is 6.04 Å². The summed E-state index contributed by atoms with van der Waals surface area (Å²) in [5.41, 5.74) is 8.46. The topological polar surface area (TPSA) is 51.0 Å². The Morgan fingerprint density at radius 1 is 0.600 bits per heavy atom. The molecule has 7 aromatic carbocycles. The van der Waals surface area contributed by atoms with Crippen molar-refractivity contribution in [3.05, 3.63) is 163 Å². The molecule has 0 fully saturated rings. The fourth-order valence-corrected chi connectivity index (χ4v) is 9.10. The lowest BCUT2D eigenvalue weighted by Crippen LogP contribution is -2.20. The predicted octanol–water partition coefficient (Wildman–Crippen LogP) is 12.1. The van der Waals surface area contributed by atoms with Gasteiger partial charge in [-0.25, -0.2) is 9.97 Å². The van der Waals surface area contributed by atoms with Crippen LogP contribution in [0.25, 0.3) is 92.1 Å². The van der Waals surface area contributed by atoms with Gasteiger partial charge in [-0.05, 0) is 51.4 Å². The second kappa shape index (κ2) is 10.6. The second-order valence-electron chi connectivity index (χ2n) is 12.9. The summed E-state index contributed by atoms with van der Waals surface area (Å²) in [6.45, 7) is 0. The maximum atomic E-state index is 6.63. The molecular weight excluding hydrogens is 631 g/mol. The number of hydrogen-bond acceptors (Lipinski definition) is 5. The molecular formula is C45H27N3OS. The number of benzene rings is 7. The van der Waals surface area contributed by atoms with Crippen molar-refractivity contribution < 1.29 is 4.42 Å². The van der Waals surface area contributed by atoms with E-state index in [9.17, 15) is 0 Å². The first-order valence-electron chi connectivity index (χ1n) is 16.9. The molecule has 5 heteroatoms. The van der Waals surface area contributed by atoms with Gasteiger partial charge in [-0.15, -0.1) is 11.3 Å².